The first-order chi connectivity index (χ1) is 8.05. The molecule has 2 aromatic rings. The molecular weight excluding hydrogens is 226 g/mol. The van der Waals surface area contributed by atoms with Gasteiger partial charge in [-0.05, 0) is 6.07 Å². The van der Waals surface area contributed by atoms with Gasteiger partial charge in [0.25, 0.3) is 0 Å². The molecular formula is C11H12F2N4. The monoisotopic (exact) mass is 238 g/mol. The highest BCUT2D eigenvalue weighted by atomic mass is 19.3. The third-order valence-corrected chi connectivity index (χ3v) is 3.36. The summed E-state index contributed by atoms with van der Waals surface area (Å²) in [5, 5.41) is 4.28. The van der Waals surface area contributed by atoms with Crippen LogP contribution >= 0.6 is 0 Å². The molecule has 1 aliphatic carbocycles. The van der Waals surface area contributed by atoms with Crippen molar-refractivity contribution < 1.29 is 8.78 Å². The number of fused-ring (bicyclic) bond motifs is 1. The second kappa shape index (κ2) is 3.22. The Labute approximate surface area is 96.4 Å². The molecule has 2 heterocycles. The van der Waals surface area contributed by atoms with Crippen molar-refractivity contribution in [1.82, 2.24) is 14.6 Å². The Balaban J connectivity index is 2.03. The van der Waals surface area contributed by atoms with Crippen LogP contribution in [0.1, 0.15) is 18.5 Å². The third kappa shape index (κ3) is 1.51. The van der Waals surface area contributed by atoms with Crippen LogP contribution in [-0.2, 0) is 5.41 Å². The van der Waals surface area contributed by atoms with Gasteiger partial charge in [-0.25, -0.2) is 18.3 Å². The number of alkyl halides is 2. The summed E-state index contributed by atoms with van der Waals surface area (Å²) >= 11 is 0. The fourth-order valence-corrected chi connectivity index (χ4v) is 2.46. The minimum absolute atomic E-state index is 0.187. The fraction of sp³-hybridized carbons (Fsp3) is 0.455. The summed E-state index contributed by atoms with van der Waals surface area (Å²) in [5.74, 6) is -2.61. The lowest BCUT2D eigenvalue weighted by molar-refractivity contribution is -0.125. The Morgan fingerprint density at radius 2 is 2.18 bits per heavy atom. The van der Waals surface area contributed by atoms with Gasteiger partial charge in [-0.2, -0.15) is 5.10 Å². The van der Waals surface area contributed by atoms with E-state index in [-0.39, 0.29) is 19.4 Å². The molecule has 3 rings (SSSR count). The Morgan fingerprint density at radius 1 is 1.41 bits per heavy atom. The van der Waals surface area contributed by atoms with Crippen LogP contribution in [0.4, 0.5) is 8.78 Å². The van der Waals surface area contributed by atoms with E-state index in [0.29, 0.717) is 11.3 Å². The second-order valence-electron chi connectivity index (χ2n) is 4.65. The van der Waals surface area contributed by atoms with Crippen molar-refractivity contribution in [2.45, 2.75) is 24.2 Å². The largest absolute Gasteiger partial charge is 0.330 e. The lowest BCUT2D eigenvalue weighted by atomic mass is 9.64. The van der Waals surface area contributed by atoms with Gasteiger partial charge in [0, 0.05) is 43.3 Å². The predicted octanol–water partition coefficient (Wildman–Crippen LogP) is 1.35. The van der Waals surface area contributed by atoms with E-state index < -0.39 is 11.3 Å². The zero-order valence-electron chi connectivity index (χ0n) is 9.11. The van der Waals surface area contributed by atoms with Crippen molar-refractivity contribution in [3.8, 4) is 0 Å². The van der Waals surface area contributed by atoms with E-state index in [1.807, 2.05) is 0 Å². The van der Waals surface area contributed by atoms with Gasteiger partial charge >= 0.3 is 0 Å². The average molecular weight is 238 g/mol. The SMILES string of the molecule is NCC1(c2cc3ncccn3n2)CC(F)(F)C1. The molecule has 0 atom stereocenters. The van der Waals surface area contributed by atoms with Crippen LogP contribution in [0.3, 0.4) is 0 Å². The van der Waals surface area contributed by atoms with Crippen LogP contribution in [-0.4, -0.2) is 27.1 Å². The topological polar surface area (TPSA) is 56.2 Å². The van der Waals surface area contributed by atoms with E-state index in [2.05, 4.69) is 10.1 Å². The van der Waals surface area contributed by atoms with Gasteiger partial charge in [0.15, 0.2) is 5.65 Å². The van der Waals surface area contributed by atoms with Gasteiger partial charge in [-0.15, -0.1) is 0 Å². The Hall–Kier alpha value is -1.56. The lowest BCUT2D eigenvalue weighted by Gasteiger charge is -2.45. The van der Waals surface area contributed by atoms with Gasteiger partial charge < -0.3 is 5.73 Å². The van der Waals surface area contributed by atoms with Crippen LogP contribution in [0.15, 0.2) is 24.5 Å². The summed E-state index contributed by atoms with van der Waals surface area (Å²) in [6.07, 6.45) is 2.94. The molecule has 1 aliphatic rings. The molecule has 0 radical (unpaired) electrons. The van der Waals surface area contributed by atoms with Crippen molar-refractivity contribution in [3.05, 3.63) is 30.2 Å². The molecule has 90 valence electrons. The van der Waals surface area contributed by atoms with E-state index in [9.17, 15) is 8.78 Å². The first-order valence-electron chi connectivity index (χ1n) is 5.44. The van der Waals surface area contributed by atoms with Crippen molar-refractivity contribution in [2.75, 3.05) is 6.54 Å². The molecule has 2 N–H and O–H groups in total. The number of aromatic nitrogens is 3. The van der Waals surface area contributed by atoms with Crippen molar-refractivity contribution in [3.63, 3.8) is 0 Å². The quantitative estimate of drug-likeness (QED) is 0.859. The molecule has 0 aromatic carbocycles. The molecule has 17 heavy (non-hydrogen) atoms. The normalized spacial score (nSPS) is 21.4. The van der Waals surface area contributed by atoms with Crippen molar-refractivity contribution >= 4 is 5.65 Å². The highest BCUT2D eigenvalue weighted by Crippen LogP contribution is 2.52. The maximum Gasteiger partial charge on any atom is 0.250 e. The minimum Gasteiger partial charge on any atom is -0.330 e. The highest BCUT2D eigenvalue weighted by Gasteiger charge is 2.57. The van der Waals surface area contributed by atoms with E-state index in [0.717, 1.165) is 0 Å². The first-order valence-corrected chi connectivity index (χ1v) is 5.44. The van der Waals surface area contributed by atoms with Crippen molar-refractivity contribution in [2.24, 2.45) is 5.73 Å². The molecule has 0 amide bonds. The summed E-state index contributed by atoms with van der Waals surface area (Å²) in [6.45, 7) is 0.187. The summed E-state index contributed by atoms with van der Waals surface area (Å²) in [7, 11) is 0. The molecule has 6 heteroatoms. The van der Waals surface area contributed by atoms with Crippen molar-refractivity contribution in [1.29, 1.82) is 0 Å². The zero-order valence-corrected chi connectivity index (χ0v) is 9.11. The Bertz CT molecular complexity index is 522. The summed E-state index contributed by atoms with van der Waals surface area (Å²) in [6, 6.07) is 3.48. The molecule has 0 saturated heterocycles. The Morgan fingerprint density at radius 3 is 2.76 bits per heavy atom. The fourth-order valence-electron chi connectivity index (χ4n) is 2.46. The predicted molar refractivity (Wildman–Crippen MR) is 57.9 cm³/mol. The van der Waals surface area contributed by atoms with Crippen LogP contribution in [0.2, 0.25) is 0 Å². The van der Waals surface area contributed by atoms with Crippen LogP contribution < -0.4 is 5.73 Å². The average Bonchev–Trinajstić information content (AvgIpc) is 2.68. The van der Waals surface area contributed by atoms with Crippen LogP contribution in [0, 0.1) is 0 Å². The maximum absolute atomic E-state index is 13.1. The summed E-state index contributed by atoms with van der Waals surface area (Å²) in [5.41, 5.74) is 6.23. The number of nitrogens with zero attached hydrogens (tertiary/aromatic N) is 3. The molecule has 0 spiro atoms. The number of hydrogen-bond donors (Lipinski definition) is 1. The second-order valence-corrected chi connectivity index (χ2v) is 4.65. The van der Waals surface area contributed by atoms with Gasteiger partial charge in [0.2, 0.25) is 5.92 Å². The van der Waals surface area contributed by atoms with E-state index >= 15 is 0 Å². The molecule has 0 aliphatic heterocycles. The number of rotatable bonds is 2. The van der Waals surface area contributed by atoms with E-state index in [1.54, 1.807) is 29.0 Å². The van der Waals surface area contributed by atoms with Gasteiger partial charge in [0.05, 0.1) is 5.69 Å². The standard InChI is InChI=1S/C11H12F2N4/c12-11(13)5-10(6-11,7-14)8-4-9-15-2-1-3-17(9)16-8/h1-4H,5-7,14H2. The van der Waals surface area contributed by atoms with Crippen LogP contribution in [0.25, 0.3) is 5.65 Å². The number of halogens is 2. The zero-order chi connectivity index (χ0) is 12.1. The molecule has 2 aromatic heterocycles. The summed E-state index contributed by atoms with van der Waals surface area (Å²) in [4.78, 5) is 4.12. The van der Waals surface area contributed by atoms with Gasteiger partial charge in [-0.1, -0.05) is 0 Å². The molecule has 1 fully saturated rings. The Kier molecular flexibility index (Phi) is 2.01. The smallest absolute Gasteiger partial charge is 0.250 e. The third-order valence-electron chi connectivity index (χ3n) is 3.36. The maximum atomic E-state index is 13.1. The van der Waals surface area contributed by atoms with E-state index in [4.69, 9.17) is 5.73 Å². The minimum atomic E-state index is -2.61. The van der Waals surface area contributed by atoms with Gasteiger partial charge in [0.1, 0.15) is 0 Å². The summed E-state index contributed by atoms with van der Waals surface area (Å²) < 4.78 is 27.7. The van der Waals surface area contributed by atoms with Gasteiger partial charge in [-0.3, -0.25) is 0 Å². The highest BCUT2D eigenvalue weighted by molar-refractivity contribution is 5.42. The molecule has 1 saturated carbocycles. The lowest BCUT2D eigenvalue weighted by Crippen LogP contribution is -2.54. The van der Waals surface area contributed by atoms with Crippen LogP contribution in [0.5, 0.6) is 0 Å². The number of nitrogens with two attached hydrogens (primary N) is 1. The molecule has 4 nitrogen and oxygen atoms in total. The first kappa shape index (κ1) is 10.6. The molecule has 0 unspecified atom stereocenters. The van der Waals surface area contributed by atoms with E-state index in [1.165, 1.54) is 0 Å². The number of hydrogen-bond acceptors (Lipinski definition) is 3. The molecule has 0 bridgehead atoms.